The molecule has 3 N–H and O–H groups in total. The van der Waals surface area contributed by atoms with Crippen molar-refractivity contribution in [2.45, 2.75) is 13.3 Å². The minimum atomic E-state index is -0.178. The van der Waals surface area contributed by atoms with Crippen molar-refractivity contribution in [3.63, 3.8) is 0 Å². The van der Waals surface area contributed by atoms with Crippen LogP contribution in [0.5, 0.6) is 0 Å². The monoisotopic (exact) mass is 254 g/mol. The van der Waals surface area contributed by atoms with Crippen LogP contribution in [0.15, 0.2) is 30.3 Å². The summed E-state index contributed by atoms with van der Waals surface area (Å²) in [6.07, 6.45) is 0.997. The van der Waals surface area contributed by atoms with Crippen molar-refractivity contribution >= 4 is 0 Å². The predicted molar refractivity (Wildman–Crippen MR) is 55.0 cm³/mol. The zero-order valence-corrected chi connectivity index (χ0v) is 10.5. The van der Waals surface area contributed by atoms with E-state index in [9.17, 15) is 4.39 Å². The molecule has 1 aromatic carbocycles. The first-order valence-corrected chi connectivity index (χ1v) is 4.28. The molecule has 1 radical (unpaired) electrons. The van der Waals surface area contributed by atoms with E-state index < -0.39 is 0 Å². The van der Waals surface area contributed by atoms with Crippen LogP contribution in [0.4, 0.5) is 4.39 Å². The summed E-state index contributed by atoms with van der Waals surface area (Å²) in [5.74, 6) is 4.46. The summed E-state index contributed by atoms with van der Waals surface area (Å²) in [6, 6.07) is 7.94. The number of aliphatic hydroxyl groups excluding tert-OH is 1. The van der Waals surface area contributed by atoms with Crippen LogP contribution in [-0.2, 0) is 23.4 Å². The summed E-state index contributed by atoms with van der Waals surface area (Å²) >= 11 is 0. The number of hydrogen-bond acceptors (Lipinski definition) is 3. The zero-order valence-electron chi connectivity index (χ0n) is 9.06. The summed E-state index contributed by atoms with van der Waals surface area (Å²) in [7, 11) is 1.00. The summed E-state index contributed by atoms with van der Waals surface area (Å²) in [5, 5.41) is 7.00. The van der Waals surface area contributed by atoms with Gasteiger partial charge in [0.25, 0.3) is 0 Å². The van der Waals surface area contributed by atoms with Crippen molar-refractivity contribution in [1.29, 1.82) is 0 Å². The van der Waals surface area contributed by atoms with Crippen LogP contribution in [0.2, 0.25) is 0 Å². The Morgan fingerprint density at radius 2 is 1.73 bits per heavy atom. The van der Waals surface area contributed by atoms with Crippen molar-refractivity contribution in [1.82, 2.24) is 0 Å². The van der Waals surface area contributed by atoms with E-state index in [-0.39, 0.29) is 24.4 Å². The average molecular weight is 254 g/mol. The average Bonchev–Trinajstić information content (AvgIpc) is 2.24. The molecule has 1 aromatic rings. The van der Waals surface area contributed by atoms with Gasteiger partial charge in [0.05, 0.1) is 6.61 Å². The van der Waals surface area contributed by atoms with Crippen LogP contribution in [0.25, 0.3) is 0 Å². The number of aliphatic hydroxyl groups is 1. The van der Waals surface area contributed by atoms with Gasteiger partial charge in [-0.15, -0.1) is 0 Å². The first kappa shape index (κ1) is 20.1. The fourth-order valence-corrected chi connectivity index (χ4v) is 0.533. The van der Waals surface area contributed by atoms with Crippen LogP contribution in [0, 0.1) is 5.82 Å². The largest absolute Gasteiger partial charge is 0.400 e. The van der Waals surface area contributed by atoms with Crippen LogP contribution >= 0.6 is 0 Å². The first-order valence-electron chi connectivity index (χ1n) is 4.28. The van der Waals surface area contributed by atoms with Gasteiger partial charge in [0.1, 0.15) is 5.82 Å². The second kappa shape index (κ2) is 19.2. The molecule has 0 amide bonds. The minimum absolute atomic E-state index is 0. The molecule has 0 fully saturated rings. The van der Waals surface area contributed by atoms with E-state index >= 15 is 0 Å². The van der Waals surface area contributed by atoms with Crippen LogP contribution in [0.3, 0.4) is 0 Å². The smallest absolute Gasteiger partial charge is 0.123 e. The normalized spacial score (nSPS) is 7.27. The molecule has 0 aliphatic rings. The minimum Gasteiger partial charge on any atom is -0.400 e. The van der Waals surface area contributed by atoms with Crippen molar-refractivity contribution in [3.8, 4) is 0 Å². The van der Waals surface area contributed by atoms with E-state index in [1.807, 2.05) is 6.92 Å². The van der Waals surface area contributed by atoms with Gasteiger partial charge in [0, 0.05) is 25.7 Å². The van der Waals surface area contributed by atoms with E-state index in [4.69, 9.17) is 5.11 Å². The maximum Gasteiger partial charge on any atom is 0.123 e. The zero-order chi connectivity index (χ0) is 11.2. The molecule has 0 saturated carbocycles. The van der Waals surface area contributed by atoms with Crippen LogP contribution in [0.1, 0.15) is 13.3 Å². The summed E-state index contributed by atoms with van der Waals surface area (Å²) < 4.78 is 11.9. The molecular weight excluding hydrogens is 236 g/mol. The Balaban J connectivity index is -0.000000162. The number of nitrogens with two attached hydrogens (primary N) is 1. The molecule has 0 atom stereocenters. The van der Waals surface area contributed by atoms with E-state index in [1.165, 1.54) is 12.1 Å². The van der Waals surface area contributed by atoms with Crippen molar-refractivity contribution in [2.75, 3.05) is 13.7 Å². The van der Waals surface area contributed by atoms with Gasteiger partial charge in [-0.05, 0) is 18.6 Å². The van der Waals surface area contributed by atoms with E-state index in [0.29, 0.717) is 6.61 Å². The molecule has 0 aliphatic heterocycles. The molecule has 0 bridgehead atoms. The van der Waals surface area contributed by atoms with Gasteiger partial charge >= 0.3 is 0 Å². The van der Waals surface area contributed by atoms with Gasteiger partial charge in [-0.3, -0.25) is 0 Å². The van der Waals surface area contributed by atoms with E-state index in [0.717, 1.165) is 13.5 Å². The Hall–Kier alpha value is -0.386. The van der Waals surface area contributed by atoms with Crippen molar-refractivity contribution in [3.05, 3.63) is 36.1 Å². The molecule has 0 saturated heterocycles. The standard InChI is InChI=1S/C6H5F.C3H9NO.CH4O.V/c7-6-4-2-1-3-5-6;1-2-3-5-4;1-2;/h1-5H;2-4H2,1H3;2H,1H3;. The van der Waals surface area contributed by atoms with Gasteiger partial charge in [0.15, 0.2) is 0 Å². The SMILES string of the molecule is CCCON.CO.Fc1ccccc1.[V]. The van der Waals surface area contributed by atoms with Gasteiger partial charge in [0.2, 0.25) is 0 Å². The number of benzene rings is 1. The number of hydrogen-bond donors (Lipinski definition) is 2. The molecule has 0 aliphatic carbocycles. The fraction of sp³-hybridized carbons (Fsp3) is 0.400. The maximum absolute atomic E-state index is 11.9. The summed E-state index contributed by atoms with van der Waals surface area (Å²) in [4.78, 5) is 4.19. The molecule has 0 spiro atoms. The maximum atomic E-state index is 11.9. The third kappa shape index (κ3) is 19.9. The molecule has 1 rings (SSSR count). The Bertz CT molecular complexity index is 186. The Kier molecular flexibility index (Phi) is 25.7. The molecule has 3 nitrogen and oxygen atoms in total. The second-order valence-corrected chi connectivity index (χ2v) is 2.17. The van der Waals surface area contributed by atoms with Gasteiger partial charge in [-0.2, -0.15) is 0 Å². The van der Waals surface area contributed by atoms with Crippen molar-refractivity contribution < 1.29 is 32.9 Å². The molecule has 0 aromatic heterocycles. The van der Waals surface area contributed by atoms with Crippen molar-refractivity contribution in [2.24, 2.45) is 5.90 Å². The molecule has 0 unspecified atom stereocenters. The van der Waals surface area contributed by atoms with Gasteiger partial charge in [-0.25, -0.2) is 10.3 Å². The molecule has 87 valence electrons. The number of halogens is 1. The molecule has 15 heavy (non-hydrogen) atoms. The Labute approximate surface area is 102 Å². The molecule has 0 heterocycles. The Morgan fingerprint density at radius 1 is 1.27 bits per heavy atom. The fourth-order valence-electron chi connectivity index (χ4n) is 0.533. The third-order valence-electron chi connectivity index (χ3n) is 1.06. The van der Waals surface area contributed by atoms with Crippen LogP contribution < -0.4 is 5.90 Å². The van der Waals surface area contributed by atoms with Gasteiger partial charge in [-0.1, -0.05) is 25.1 Å². The quantitative estimate of drug-likeness (QED) is 0.790. The van der Waals surface area contributed by atoms with E-state index in [2.05, 4.69) is 10.7 Å². The molecule has 5 heteroatoms. The summed E-state index contributed by atoms with van der Waals surface area (Å²) in [6.45, 7) is 2.67. The summed E-state index contributed by atoms with van der Waals surface area (Å²) in [5.41, 5.74) is 0. The van der Waals surface area contributed by atoms with E-state index in [1.54, 1.807) is 18.2 Å². The second-order valence-electron chi connectivity index (χ2n) is 2.17. The van der Waals surface area contributed by atoms with Crippen LogP contribution in [-0.4, -0.2) is 18.8 Å². The molecular formula is C10H18FNO2V. The van der Waals surface area contributed by atoms with Gasteiger partial charge < -0.3 is 9.94 Å². The Morgan fingerprint density at radius 3 is 1.87 bits per heavy atom. The number of rotatable bonds is 2. The first-order chi connectivity index (χ1) is 6.81. The predicted octanol–water partition coefficient (Wildman–Crippen LogP) is 1.72. The third-order valence-corrected chi connectivity index (χ3v) is 1.06. The topological polar surface area (TPSA) is 55.5 Å².